The second-order valence-corrected chi connectivity index (χ2v) is 7.90. The Kier molecular flexibility index (Phi) is 6.63. The van der Waals surface area contributed by atoms with Crippen molar-refractivity contribution in [2.45, 2.75) is 20.0 Å². The van der Waals surface area contributed by atoms with Crippen LogP contribution in [0.2, 0.25) is 0 Å². The number of benzene rings is 4. The van der Waals surface area contributed by atoms with Crippen LogP contribution in [0, 0.1) is 0 Å². The van der Waals surface area contributed by atoms with E-state index in [2.05, 4.69) is 60.7 Å². The Balaban J connectivity index is 0.00000120. The van der Waals surface area contributed by atoms with Gasteiger partial charge in [0, 0.05) is 10.8 Å². The van der Waals surface area contributed by atoms with Gasteiger partial charge in [-0.25, -0.2) is 0 Å². The molecule has 0 aliphatic heterocycles. The van der Waals surface area contributed by atoms with Gasteiger partial charge in [-0.3, -0.25) is 4.52 Å². The fourth-order valence-corrected chi connectivity index (χ4v) is 4.66. The molecule has 6 heteroatoms. The third kappa shape index (κ3) is 3.92. The first kappa shape index (κ1) is 21.8. The largest absolute Gasteiger partial charge is 1.00 e. The standard InChI is InChI=1S/C23H19O3P.ClH.Cu/c1-15(2)24-27-25-20-13-11-16-7-3-5-9-18(16)22(20)23-19-10-6-4-8-17(19)12-14-21(23)26-27;;/h3-15H,1-2H3;1H;/q;;+1/p-1. The SMILES string of the molecule is CC(C)Op1oc2ccc3ccccc3c2c2c(ccc3ccccc32)o1.[Cl-].[Cu+]. The Morgan fingerprint density at radius 2 is 1.14 bits per heavy atom. The minimum Gasteiger partial charge on any atom is -1.00 e. The molecule has 0 spiro atoms. The maximum absolute atomic E-state index is 6.23. The molecule has 0 saturated carbocycles. The second kappa shape index (κ2) is 8.83. The van der Waals surface area contributed by atoms with E-state index in [9.17, 15) is 0 Å². The van der Waals surface area contributed by atoms with Gasteiger partial charge in [-0.2, -0.15) is 0 Å². The summed E-state index contributed by atoms with van der Waals surface area (Å²) >= 11 is 0. The molecule has 29 heavy (non-hydrogen) atoms. The Hall–Kier alpha value is -1.93. The monoisotopic (exact) mass is 472 g/mol. The molecule has 1 aromatic heterocycles. The number of rotatable bonds is 2. The molecule has 0 radical (unpaired) electrons. The van der Waals surface area contributed by atoms with Gasteiger partial charge in [0.1, 0.15) is 11.2 Å². The van der Waals surface area contributed by atoms with Crippen molar-refractivity contribution < 1.29 is 42.4 Å². The molecule has 5 rings (SSSR count). The quantitative estimate of drug-likeness (QED) is 0.356. The maximum atomic E-state index is 6.23. The molecule has 0 fully saturated rings. The predicted molar refractivity (Wildman–Crippen MR) is 113 cm³/mol. The molecule has 0 saturated heterocycles. The van der Waals surface area contributed by atoms with Crippen molar-refractivity contribution in [2.24, 2.45) is 0 Å². The summed E-state index contributed by atoms with van der Waals surface area (Å²) in [5.41, 5.74) is 1.60. The molecule has 0 atom stereocenters. The molecule has 3 nitrogen and oxygen atoms in total. The molecule has 4 aromatic carbocycles. The normalized spacial score (nSPS) is 11.0. The third-order valence-electron chi connectivity index (χ3n) is 4.67. The van der Waals surface area contributed by atoms with E-state index in [1.165, 1.54) is 10.8 Å². The maximum Gasteiger partial charge on any atom is 1.00 e. The van der Waals surface area contributed by atoms with Gasteiger partial charge in [0.05, 0.1) is 6.10 Å². The van der Waals surface area contributed by atoms with Crippen molar-refractivity contribution in [3.05, 3.63) is 72.8 Å². The average molecular weight is 473 g/mol. The van der Waals surface area contributed by atoms with Gasteiger partial charge in [0.25, 0.3) is 0 Å². The third-order valence-corrected chi connectivity index (χ3v) is 5.96. The van der Waals surface area contributed by atoms with Gasteiger partial charge in [-0.05, 0) is 47.5 Å². The van der Waals surface area contributed by atoms with Gasteiger partial charge < -0.3 is 20.8 Å². The summed E-state index contributed by atoms with van der Waals surface area (Å²) in [6, 6.07) is 25.0. The smallest absolute Gasteiger partial charge is 1.00 e. The molecule has 0 aliphatic rings. The van der Waals surface area contributed by atoms with E-state index in [4.69, 9.17) is 12.9 Å². The first-order chi connectivity index (χ1) is 13.2. The molecule has 152 valence electrons. The molecule has 0 N–H and O–H groups in total. The molecular formula is C23H19ClCuO3P. The average Bonchev–Trinajstić information content (AvgIpc) is 2.83. The van der Waals surface area contributed by atoms with Crippen molar-refractivity contribution in [1.29, 1.82) is 0 Å². The summed E-state index contributed by atoms with van der Waals surface area (Å²) in [4.78, 5) is 0. The fourth-order valence-electron chi connectivity index (χ4n) is 3.57. The molecule has 0 amide bonds. The molecular weight excluding hydrogens is 454 g/mol. The number of fused-ring (bicyclic) bond motifs is 7. The molecule has 5 aromatic rings. The molecule has 0 unspecified atom stereocenters. The van der Waals surface area contributed by atoms with Crippen molar-refractivity contribution in [1.82, 2.24) is 0 Å². The van der Waals surface area contributed by atoms with E-state index in [-0.39, 0.29) is 35.6 Å². The van der Waals surface area contributed by atoms with Crippen LogP contribution in [0.5, 0.6) is 0 Å². The van der Waals surface area contributed by atoms with Gasteiger partial charge in [0.15, 0.2) is 0 Å². The summed E-state index contributed by atoms with van der Waals surface area (Å²) in [5.74, 6) is 0. The van der Waals surface area contributed by atoms with Gasteiger partial charge in [-0.15, -0.1) is 0 Å². The molecule has 0 bridgehead atoms. The zero-order valence-corrected chi connectivity index (χ0v) is 18.4. The Morgan fingerprint density at radius 3 is 1.59 bits per heavy atom. The van der Waals surface area contributed by atoms with E-state index in [1.807, 2.05) is 26.0 Å². The van der Waals surface area contributed by atoms with Crippen LogP contribution in [-0.4, -0.2) is 6.10 Å². The van der Waals surface area contributed by atoms with Crippen molar-refractivity contribution in [3.8, 4) is 0 Å². The van der Waals surface area contributed by atoms with Crippen LogP contribution in [0.1, 0.15) is 13.8 Å². The van der Waals surface area contributed by atoms with E-state index < -0.39 is 8.24 Å². The predicted octanol–water partition coefficient (Wildman–Crippen LogP) is 4.43. The van der Waals surface area contributed by atoms with Crippen LogP contribution in [0.15, 0.2) is 81.2 Å². The number of hydrogen-bond acceptors (Lipinski definition) is 3. The number of halogens is 1. The van der Waals surface area contributed by atoms with Crippen LogP contribution in [0.25, 0.3) is 43.5 Å². The molecule has 1 heterocycles. The second-order valence-electron chi connectivity index (χ2n) is 6.88. The van der Waals surface area contributed by atoms with E-state index in [0.717, 1.165) is 32.7 Å². The van der Waals surface area contributed by atoms with Crippen LogP contribution in [0.4, 0.5) is 0 Å². The van der Waals surface area contributed by atoms with E-state index in [0.29, 0.717) is 0 Å². The van der Waals surface area contributed by atoms with Crippen molar-refractivity contribution in [3.63, 3.8) is 0 Å². The summed E-state index contributed by atoms with van der Waals surface area (Å²) in [5, 5.41) is 6.79. The van der Waals surface area contributed by atoms with Crippen LogP contribution >= 0.6 is 8.24 Å². The minimum atomic E-state index is -1.52. The summed E-state index contributed by atoms with van der Waals surface area (Å²) < 4.78 is 18.4. The summed E-state index contributed by atoms with van der Waals surface area (Å²) in [6.45, 7) is 3.98. The zero-order valence-electron chi connectivity index (χ0n) is 15.9. The Morgan fingerprint density at radius 1 is 0.690 bits per heavy atom. The van der Waals surface area contributed by atoms with Crippen molar-refractivity contribution in [2.75, 3.05) is 0 Å². The topological polar surface area (TPSA) is 35.5 Å². The first-order valence-corrected chi connectivity index (χ1v) is 10.2. The van der Waals surface area contributed by atoms with Gasteiger partial charge in [0.2, 0.25) is 0 Å². The van der Waals surface area contributed by atoms with Gasteiger partial charge in [-0.1, -0.05) is 60.7 Å². The first-order valence-electron chi connectivity index (χ1n) is 9.07. The zero-order chi connectivity index (χ0) is 18.4. The summed E-state index contributed by atoms with van der Waals surface area (Å²) in [6.07, 6.45) is 0.0158. The summed E-state index contributed by atoms with van der Waals surface area (Å²) in [7, 11) is -1.52. The van der Waals surface area contributed by atoms with Crippen molar-refractivity contribution >= 4 is 51.7 Å². The number of hydrogen-bond donors (Lipinski definition) is 0. The fraction of sp³-hybridized carbons (Fsp3) is 0.130. The Bertz CT molecular complexity index is 1250. The van der Waals surface area contributed by atoms with Crippen LogP contribution in [-0.2, 0) is 17.1 Å². The van der Waals surface area contributed by atoms with Crippen LogP contribution < -0.4 is 16.9 Å². The van der Waals surface area contributed by atoms with Crippen LogP contribution in [0.3, 0.4) is 0 Å². The van der Waals surface area contributed by atoms with E-state index >= 15 is 0 Å². The molecule has 0 aliphatic carbocycles. The van der Waals surface area contributed by atoms with Gasteiger partial charge >= 0.3 is 25.3 Å². The Labute approximate surface area is 186 Å². The van der Waals surface area contributed by atoms with E-state index in [1.54, 1.807) is 0 Å². The minimum absolute atomic E-state index is 0.